The van der Waals surface area contributed by atoms with Crippen molar-refractivity contribution in [1.82, 2.24) is 10.3 Å². The molecule has 5 heteroatoms. The van der Waals surface area contributed by atoms with Gasteiger partial charge < -0.3 is 10.6 Å². The van der Waals surface area contributed by atoms with E-state index >= 15 is 0 Å². The summed E-state index contributed by atoms with van der Waals surface area (Å²) in [5.41, 5.74) is 0.425. The molecule has 2 aromatic rings. The summed E-state index contributed by atoms with van der Waals surface area (Å²) in [5.74, 6) is 0.772. The first-order valence-electron chi connectivity index (χ1n) is 6.45. The Morgan fingerprint density at radius 2 is 2.05 bits per heavy atom. The molecule has 1 heterocycles. The molecule has 106 valence electrons. The summed E-state index contributed by atoms with van der Waals surface area (Å²) in [4.78, 5) is 16.3. The van der Waals surface area contributed by atoms with Crippen molar-refractivity contribution in [3.05, 3.63) is 34.8 Å². The van der Waals surface area contributed by atoms with Crippen molar-refractivity contribution < 1.29 is 4.79 Å². The van der Waals surface area contributed by atoms with Gasteiger partial charge in [-0.2, -0.15) is 0 Å². The molecule has 0 saturated carbocycles. The van der Waals surface area contributed by atoms with Gasteiger partial charge in [0.1, 0.15) is 5.82 Å². The van der Waals surface area contributed by atoms with E-state index in [1.54, 1.807) is 7.05 Å². The van der Waals surface area contributed by atoms with Crippen LogP contribution in [0.25, 0.3) is 10.9 Å². The standard InChI is InChI=1S/C15H18BrN3O/c1-15(2,14(20)17-3)9-18-12-8-7-10-5-4-6-11(16)13(10)19-12/h4-8H,9H2,1-3H3,(H,17,20)(H,18,19). The molecule has 20 heavy (non-hydrogen) atoms. The fourth-order valence-electron chi connectivity index (χ4n) is 1.94. The second-order valence-electron chi connectivity index (χ2n) is 5.32. The number of amides is 1. The number of para-hydroxylation sites is 1. The van der Waals surface area contributed by atoms with Gasteiger partial charge in [0.2, 0.25) is 5.91 Å². The molecule has 0 atom stereocenters. The Morgan fingerprint density at radius 3 is 2.75 bits per heavy atom. The third kappa shape index (κ3) is 3.10. The first-order chi connectivity index (χ1) is 9.44. The van der Waals surface area contributed by atoms with Crippen molar-refractivity contribution in [1.29, 1.82) is 0 Å². The molecule has 2 rings (SSSR count). The molecule has 0 fully saturated rings. The fraction of sp³-hybridized carbons (Fsp3) is 0.333. The number of nitrogens with one attached hydrogen (secondary N) is 2. The lowest BCUT2D eigenvalue weighted by Gasteiger charge is -2.23. The number of carbonyl (C=O) groups is 1. The van der Waals surface area contributed by atoms with Crippen LogP contribution in [0.2, 0.25) is 0 Å². The van der Waals surface area contributed by atoms with Gasteiger partial charge in [-0.3, -0.25) is 4.79 Å². The van der Waals surface area contributed by atoms with Gasteiger partial charge in [0.25, 0.3) is 0 Å². The average Bonchev–Trinajstić information content (AvgIpc) is 2.45. The second kappa shape index (κ2) is 5.79. The molecular formula is C15H18BrN3O. The Kier molecular flexibility index (Phi) is 4.28. The minimum Gasteiger partial charge on any atom is -0.369 e. The van der Waals surface area contributed by atoms with Crippen LogP contribution in [0.1, 0.15) is 13.8 Å². The number of aromatic nitrogens is 1. The normalized spacial score (nSPS) is 11.4. The van der Waals surface area contributed by atoms with Crippen LogP contribution in [0.5, 0.6) is 0 Å². The van der Waals surface area contributed by atoms with Crippen LogP contribution in [0.3, 0.4) is 0 Å². The Hall–Kier alpha value is -1.62. The van der Waals surface area contributed by atoms with E-state index in [-0.39, 0.29) is 5.91 Å². The monoisotopic (exact) mass is 335 g/mol. The molecule has 2 N–H and O–H groups in total. The molecule has 0 aliphatic rings. The quantitative estimate of drug-likeness (QED) is 0.902. The van der Waals surface area contributed by atoms with Crippen molar-refractivity contribution in [2.45, 2.75) is 13.8 Å². The molecule has 0 aliphatic carbocycles. The number of carbonyl (C=O) groups excluding carboxylic acids is 1. The van der Waals surface area contributed by atoms with Gasteiger partial charge in [-0.15, -0.1) is 0 Å². The third-order valence-corrected chi connectivity index (χ3v) is 3.86. The molecule has 0 unspecified atom stereocenters. The average molecular weight is 336 g/mol. The summed E-state index contributed by atoms with van der Waals surface area (Å²) < 4.78 is 0.962. The molecule has 0 bridgehead atoms. The Morgan fingerprint density at radius 1 is 1.30 bits per heavy atom. The van der Waals surface area contributed by atoms with Gasteiger partial charge in [-0.25, -0.2) is 4.98 Å². The molecule has 0 radical (unpaired) electrons. The van der Waals surface area contributed by atoms with E-state index in [9.17, 15) is 4.79 Å². The maximum absolute atomic E-state index is 11.7. The van der Waals surface area contributed by atoms with Crippen LogP contribution in [0.15, 0.2) is 34.8 Å². The van der Waals surface area contributed by atoms with Crippen LogP contribution in [-0.4, -0.2) is 24.5 Å². The summed E-state index contributed by atoms with van der Waals surface area (Å²) in [6, 6.07) is 9.91. The number of fused-ring (bicyclic) bond motifs is 1. The second-order valence-corrected chi connectivity index (χ2v) is 6.18. The molecule has 4 nitrogen and oxygen atoms in total. The number of rotatable bonds is 4. The van der Waals surface area contributed by atoms with E-state index in [0.717, 1.165) is 21.2 Å². The van der Waals surface area contributed by atoms with Gasteiger partial charge in [0.05, 0.1) is 10.9 Å². The molecule has 1 aromatic carbocycles. The molecule has 0 spiro atoms. The highest BCUT2D eigenvalue weighted by Gasteiger charge is 2.26. The van der Waals surface area contributed by atoms with Gasteiger partial charge in [0, 0.05) is 23.5 Å². The highest BCUT2D eigenvalue weighted by Crippen LogP contribution is 2.24. The van der Waals surface area contributed by atoms with E-state index in [2.05, 4.69) is 31.5 Å². The third-order valence-electron chi connectivity index (χ3n) is 3.22. The number of nitrogens with zero attached hydrogens (tertiary/aromatic N) is 1. The summed E-state index contributed by atoms with van der Waals surface area (Å²) >= 11 is 3.50. The van der Waals surface area contributed by atoms with E-state index in [1.807, 2.05) is 44.2 Å². The Bertz CT molecular complexity index is 640. The van der Waals surface area contributed by atoms with Crippen molar-refractivity contribution in [2.75, 3.05) is 18.9 Å². The summed E-state index contributed by atoms with van der Waals surface area (Å²) in [6.07, 6.45) is 0. The lowest BCUT2D eigenvalue weighted by molar-refractivity contribution is -0.128. The van der Waals surface area contributed by atoms with Crippen molar-refractivity contribution >= 4 is 38.6 Å². The highest BCUT2D eigenvalue weighted by molar-refractivity contribution is 9.10. The van der Waals surface area contributed by atoms with Gasteiger partial charge in [-0.05, 0) is 48.0 Å². The Labute approximate surface area is 127 Å². The van der Waals surface area contributed by atoms with Crippen molar-refractivity contribution in [2.24, 2.45) is 5.41 Å². The molecule has 0 aliphatic heterocycles. The number of hydrogen-bond donors (Lipinski definition) is 2. The van der Waals surface area contributed by atoms with Crippen molar-refractivity contribution in [3.8, 4) is 0 Å². The highest BCUT2D eigenvalue weighted by atomic mass is 79.9. The van der Waals surface area contributed by atoms with Gasteiger partial charge in [-0.1, -0.05) is 12.1 Å². The zero-order chi connectivity index (χ0) is 14.8. The van der Waals surface area contributed by atoms with Crippen molar-refractivity contribution in [3.63, 3.8) is 0 Å². The smallest absolute Gasteiger partial charge is 0.227 e. The number of anilines is 1. The van der Waals surface area contributed by atoms with Crippen LogP contribution in [0.4, 0.5) is 5.82 Å². The summed E-state index contributed by atoms with van der Waals surface area (Å²) in [6.45, 7) is 4.32. The fourth-order valence-corrected chi connectivity index (χ4v) is 2.41. The zero-order valence-electron chi connectivity index (χ0n) is 11.8. The van der Waals surface area contributed by atoms with E-state index in [4.69, 9.17) is 0 Å². The predicted octanol–water partition coefficient (Wildman–Crippen LogP) is 3.18. The lowest BCUT2D eigenvalue weighted by atomic mass is 9.92. The maximum atomic E-state index is 11.7. The first-order valence-corrected chi connectivity index (χ1v) is 7.25. The number of halogens is 1. The van der Waals surface area contributed by atoms with E-state index in [1.165, 1.54) is 0 Å². The van der Waals surface area contributed by atoms with Gasteiger partial charge in [0.15, 0.2) is 0 Å². The number of benzene rings is 1. The molecule has 1 aromatic heterocycles. The van der Waals surface area contributed by atoms with Crippen LogP contribution >= 0.6 is 15.9 Å². The number of pyridine rings is 1. The summed E-state index contributed by atoms with van der Waals surface area (Å²) in [5, 5.41) is 6.98. The minimum absolute atomic E-state index is 0.00645. The first kappa shape index (κ1) is 14.8. The molecule has 0 saturated heterocycles. The van der Waals surface area contributed by atoms with Gasteiger partial charge >= 0.3 is 0 Å². The van der Waals surface area contributed by atoms with Crippen LogP contribution < -0.4 is 10.6 Å². The van der Waals surface area contributed by atoms with E-state index < -0.39 is 5.41 Å². The lowest BCUT2D eigenvalue weighted by Crippen LogP contribution is -2.39. The maximum Gasteiger partial charge on any atom is 0.227 e. The summed E-state index contributed by atoms with van der Waals surface area (Å²) in [7, 11) is 1.65. The molecule has 1 amide bonds. The SMILES string of the molecule is CNC(=O)C(C)(C)CNc1ccc2cccc(Br)c2n1. The largest absolute Gasteiger partial charge is 0.369 e. The topological polar surface area (TPSA) is 54.0 Å². The van der Waals surface area contributed by atoms with E-state index in [0.29, 0.717) is 6.54 Å². The van der Waals surface area contributed by atoms with Crippen LogP contribution in [0, 0.1) is 5.41 Å². The molecular weight excluding hydrogens is 318 g/mol. The van der Waals surface area contributed by atoms with Crippen LogP contribution in [-0.2, 0) is 4.79 Å². The predicted molar refractivity (Wildman–Crippen MR) is 85.8 cm³/mol. The zero-order valence-corrected chi connectivity index (χ0v) is 13.4. The minimum atomic E-state index is -0.487. The number of hydrogen-bond acceptors (Lipinski definition) is 3. The Balaban J connectivity index is 2.19.